The van der Waals surface area contributed by atoms with Gasteiger partial charge in [-0.25, -0.2) is 0 Å². The van der Waals surface area contributed by atoms with Gasteiger partial charge in [-0.3, -0.25) is 0 Å². The Morgan fingerprint density at radius 3 is 0.609 bits per heavy atom. The minimum atomic E-state index is -0.151. The van der Waals surface area contributed by atoms with Crippen molar-refractivity contribution in [3.8, 4) is 100 Å². The second kappa shape index (κ2) is 15.1. The molecule has 0 saturated carbocycles. The monoisotopic (exact) mass is 882 g/mol. The van der Waals surface area contributed by atoms with Crippen LogP contribution in [0.4, 0.5) is 0 Å². The van der Waals surface area contributed by atoms with E-state index >= 15 is 0 Å². The van der Waals surface area contributed by atoms with Crippen LogP contribution >= 0.6 is 0 Å². The Bertz CT molecular complexity index is 3730. The molecule has 10 aromatic rings. The zero-order chi connectivity index (χ0) is 46.8. The first kappa shape index (κ1) is 41.4. The van der Waals surface area contributed by atoms with Gasteiger partial charge in [-0.2, -0.15) is 0 Å². The molecule has 0 bridgehead atoms. The SMILES string of the molecule is CC1(C)c2cc(-c3ccccc3)ccc2-c2ccc(-c3ccc4c(c3)C(C)(C)c3cc(-c5ccc6c(c5)C(C)(C)c5cc(-c7cccc(-c8cccc(-c9ccccc9)c8)c7)ccc5-6)ccc3-4)cc21. The highest BCUT2D eigenvalue weighted by Crippen LogP contribution is 2.55. The molecule has 0 unspecified atom stereocenters. The fourth-order valence-corrected chi connectivity index (χ4v) is 12.3. The molecule has 0 saturated heterocycles. The largest absolute Gasteiger partial charge is 0.0622 e. The van der Waals surface area contributed by atoms with Gasteiger partial charge in [0.25, 0.3) is 0 Å². The minimum Gasteiger partial charge on any atom is -0.0622 e. The summed E-state index contributed by atoms with van der Waals surface area (Å²) >= 11 is 0. The molecule has 0 aliphatic heterocycles. The molecule has 0 heteroatoms. The lowest BCUT2D eigenvalue weighted by molar-refractivity contribution is 0.659. The van der Waals surface area contributed by atoms with E-state index < -0.39 is 0 Å². The summed E-state index contributed by atoms with van der Waals surface area (Å²) in [6, 6.07) is 82.2. The van der Waals surface area contributed by atoms with Crippen molar-refractivity contribution in [3.05, 3.63) is 252 Å². The second-order valence-electron chi connectivity index (χ2n) is 21.3. The standard InChI is InChI=1S/C69H54/c1-67(2)61-37-49(44-17-11-8-12-18-44)23-29-55(61)57-31-25-51(39-63(57)67)53-27-33-59-60-34-28-54(42-66(60)69(5,6)65(59)41-53)52-26-32-58-56-30-24-50(38-62(56)68(3,4)64(58)40-52)48-22-14-21-47(36-48)46-20-13-19-45(35-46)43-15-9-7-10-16-43/h7-42H,1-6H3. The molecular weight excluding hydrogens is 829 g/mol. The third-order valence-corrected chi connectivity index (χ3v) is 16.3. The highest BCUT2D eigenvalue weighted by molar-refractivity contribution is 5.91. The molecule has 3 aliphatic carbocycles. The van der Waals surface area contributed by atoms with Crippen molar-refractivity contribution in [2.75, 3.05) is 0 Å². The zero-order valence-corrected chi connectivity index (χ0v) is 40.3. The van der Waals surface area contributed by atoms with Gasteiger partial charge in [-0.05, 0) is 182 Å². The van der Waals surface area contributed by atoms with Gasteiger partial charge in [0.05, 0.1) is 0 Å². The number of hydrogen-bond acceptors (Lipinski definition) is 0. The molecule has 0 radical (unpaired) electrons. The predicted octanol–water partition coefficient (Wildman–Crippen LogP) is 18.6. The normalized spacial score (nSPS) is 14.9. The lowest BCUT2D eigenvalue weighted by Crippen LogP contribution is -2.16. The van der Waals surface area contributed by atoms with E-state index in [0.717, 1.165) is 0 Å². The van der Waals surface area contributed by atoms with Crippen LogP contribution in [0.1, 0.15) is 74.9 Å². The molecular formula is C69H54. The summed E-state index contributed by atoms with van der Waals surface area (Å²) in [5.41, 5.74) is 31.1. The van der Waals surface area contributed by atoms with Gasteiger partial charge < -0.3 is 0 Å². The van der Waals surface area contributed by atoms with E-state index in [9.17, 15) is 0 Å². The zero-order valence-electron chi connectivity index (χ0n) is 40.3. The molecule has 0 heterocycles. The quantitative estimate of drug-likeness (QED) is 0.156. The summed E-state index contributed by atoms with van der Waals surface area (Å²) in [5, 5.41) is 0. The first-order valence-electron chi connectivity index (χ1n) is 24.6. The maximum atomic E-state index is 2.48. The Balaban J connectivity index is 0.783. The summed E-state index contributed by atoms with van der Waals surface area (Å²) in [6.07, 6.45) is 0. The molecule has 0 amide bonds. The highest BCUT2D eigenvalue weighted by atomic mass is 14.4. The molecule has 0 fully saturated rings. The van der Waals surface area contributed by atoms with E-state index in [1.807, 2.05) is 0 Å². The first-order valence-corrected chi connectivity index (χ1v) is 24.6. The van der Waals surface area contributed by atoms with E-state index in [4.69, 9.17) is 0 Å². The Hall–Kier alpha value is -7.80. The molecule has 0 aromatic heterocycles. The summed E-state index contributed by atoms with van der Waals surface area (Å²) in [7, 11) is 0. The molecule has 0 nitrogen and oxygen atoms in total. The average Bonchev–Trinajstić information content (AvgIpc) is 3.87. The second-order valence-corrected chi connectivity index (χ2v) is 21.3. The van der Waals surface area contributed by atoms with Crippen molar-refractivity contribution < 1.29 is 0 Å². The number of benzene rings is 10. The fraction of sp³-hybridized carbons (Fsp3) is 0.130. The van der Waals surface area contributed by atoms with E-state index in [-0.39, 0.29) is 16.2 Å². The molecule has 0 spiro atoms. The third kappa shape index (κ3) is 6.42. The summed E-state index contributed by atoms with van der Waals surface area (Å²) < 4.78 is 0. The Labute approximate surface area is 407 Å². The van der Waals surface area contributed by atoms with Gasteiger partial charge >= 0.3 is 0 Å². The van der Waals surface area contributed by atoms with Crippen LogP contribution < -0.4 is 0 Å². The van der Waals surface area contributed by atoms with Gasteiger partial charge in [-0.1, -0.05) is 211 Å². The lowest BCUT2D eigenvalue weighted by atomic mass is 9.79. The highest BCUT2D eigenvalue weighted by Gasteiger charge is 2.39. The number of fused-ring (bicyclic) bond motifs is 9. The van der Waals surface area contributed by atoms with Crippen LogP contribution in [-0.4, -0.2) is 0 Å². The van der Waals surface area contributed by atoms with Gasteiger partial charge in [0.2, 0.25) is 0 Å². The summed E-state index contributed by atoms with van der Waals surface area (Å²) in [6.45, 7) is 14.4. The van der Waals surface area contributed by atoms with E-state index in [1.54, 1.807) is 0 Å². The molecule has 0 atom stereocenters. The van der Waals surface area contributed by atoms with Crippen LogP contribution in [-0.2, 0) is 16.2 Å². The number of rotatable bonds is 6. The summed E-state index contributed by atoms with van der Waals surface area (Å²) in [4.78, 5) is 0. The van der Waals surface area contributed by atoms with Crippen molar-refractivity contribution in [3.63, 3.8) is 0 Å². The van der Waals surface area contributed by atoms with Crippen molar-refractivity contribution in [2.24, 2.45) is 0 Å². The maximum Gasteiger partial charge on any atom is 0.0159 e. The van der Waals surface area contributed by atoms with Crippen molar-refractivity contribution in [2.45, 2.75) is 57.8 Å². The summed E-state index contributed by atoms with van der Waals surface area (Å²) in [5.74, 6) is 0. The van der Waals surface area contributed by atoms with Gasteiger partial charge in [-0.15, -0.1) is 0 Å². The Morgan fingerprint density at radius 2 is 0.362 bits per heavy atom. The van der Waals surface area contributed by atoms with E-state index in [2.05, 4.69) is 260 Å². The van der Waals surface area contributed by atoms with Gasteiger partial charge in [0.15, 0.2) is 0 Å². The predicted molar refractivity (Wildman–Crippen MR) is 292 cm³/mol. The molecule has 10 aromatic carbocycles. The van der Waals surface area contributed by atoms with E-state index in [1.165, 1.54) is 134 Å². The van der Waals surface area contributed by atoms with Crippen molar-refractivity contribution in [1.82, 2.24) is 0 Å². The van der Waals surface area contributed by atoms with Crippen LogP contribution in [0.5, 0.6) is 0 Å². The molecule has 13 rings (SSSR count). The van der Waals surface area contributed by atoms with Crippen LogP contribution in [0.15, 0.2) is 218 Å². The Morgan fingerprint density at radius 1 is 0.174 bits per heavy atom. The average molecular weight is 883 g/mol. The number of hydrogen-bond donors (Lipinski definition) is 0. The van der Waals surface area contributed by atoms with Crippen LogP contribution in [0, 0.1) is 0 Å². The maximum absolute atomic E-state index is 2.48. The molecule has 69 heavy (non-hydrogen) atoms. The lowest BCUT2D eigenvalue weighted by Gasteiger charge is -2.24. The molecule has 3 aliphatic rings. The molecule has 330 valence electrons. The van der Waals surface area contributed by atoms with Crippen molar-refractivity contribution in [1.29, 1.82) is 0 Å². The van der Waals surface area contributed by atoms with Gasteiger partial charge in [0.1, 0.15) is 0 Å². The first-order chi connectivity index (χ1) is 33.4. The van der Waals surface area contributed by atoms with Crippen LogP contribution in [0.3, 0.4) is 0 Å². The fourth-order valence-electron chi connectivity index (χ4n) is 12.3. The third-order valence-electron chi connectivity index (χ3n) is 16.3. The Kier molecular flexibility index (Phi) is 9.06. The van der Waals surface area contributed by atoms with Gasteiger partial charge in [0, 0.05) is 16.2 Å². The van der Waals surface area contributed by atoms with Crippen LogP contribution in [0.2, 0.25) is 0 Å². The molecule has 0 N–H and O–H groups in total. The van der Waals surface area contributed by atoms with Crippen molar-refractivity contribution >= 4 is 0 Å². The smallest absolute Gasteiger partial charge is 0.0159 e. The topological polar surface area (TPSA) is 0 Å². The van der Waals surface area contributed by atoms with Crippen LogP contribution in [0.25, 0.3) is 100 Å². The minimum absolute atomic E-state index is 0.101. The van der Waals surface area contributed by atoms with E-state index in [0.29, 0.717) is 0 Å².